The van der Waals surface area contributed by atoms with Crippen molar-refractivity contribution in [3.63, 3.8) is 0 Å². The van der Waals surface area contributed by atoms with Gasteiger partial charge in [-0.1, -0.05) is 66.7 Å². The molecule has 0 bridgehead atoms. The molecule has 3 rings (SSSR count). The summed E-state index contributed by atoms with van der Waals surface area (Å²) in [5.74, 6) is 0.833. The second kappa shape index (κ2) is 9.20. The van der Waals surface area contributed by atoms with Crippen molar-refractivity contribution in [1.29, 1.82) is 0 Å². The van der Waals surface area contributed by atoms with E-state index in [1.165, 1.54) is 5.56 Å². The van der Waals surface area contributed by atoms with Gasteiger partial charge in [-0.15, -0.1) is 11.8 Å². The molecule has 2 aromatic carbocycles. The van der Waals surface area contributed by atoms with Crippen molar-refractivity contribution < 1.29 is 4.79 Å². The summed E-state index contributed by atoms with van der Waals surface area (Å²) in [5.41, 5.74) is 3.09. The van der Waals surface area contributed by atoms with Crippen molar-refractivity contribution in [2.24, 2.45) is 0 Å². The van der Waals surface area contributed by atoms with Crippen molar-refractivity contribution >= 4 is 17.7 Å². The van der Waals surface area contributed by atoms with Crippen LogP contribution in [0.5, 0.6) is 0 Å². The molecule has 2 atom stereocenters. The van der Waals surface area contributed by atoms with E-state index in [1.807, 2.05) is 73.7 Å². The summed E-state index contributed by atoms with van der Waals surface area (Å²) in [5, 5.41) is 3.02. The SMILES string of the molecule is C[C@@H](SCc1ccccc1)C(=O)N[C@H](c1ccccc1)c1ccccn1. The molecular weight excluding hydrogens is 340 g/mol. The molecule has 0 aliphatic rings. The third kappa shape index (κ3) is 4.96. The van der Waals surface area contributed by atoms with Crippen molar-refractivity contribution in [3.8, 4) is 0 Å². The van der Waals surface area contributed by atoms with Crippen LogP contribution in [-0.2, 0) is 10.5 Å². The predicted molar refractivity (Wildman–Crippen MR) is 108 cm³/mol. The molecule has 3 aromatic rings. The molecule has 132 valence electrons. The number of amides is 1. The normalized spacial score (nSPS) is 13.0. The monoisotopic (exact) mass is 362 g/mol. The topological polar surface area (TPSA) is 42.0 Å². The van der Waals surface area contributed by atoms with Crippen LogP contribution in [0.25, 0.3) is 0 Å². The fourth-order valence-electron chi connectivity index (χ4n) is 2.65. The number of pyridine rings is 1. The van der Waals surface area contributed by atoms with E-state index >= 15 is 0 Å². The maximum absolute atomic E-state index is 12.8. The molecule has 0 aliphatic carbocycles. The molecule has 0 spiro atoms. The largest absolute Gasteiger partial charge is 0.343 e. The lowest BCUT2D eigenvalue weighted by atomic mass is 10.0. The average Bonchev–Trinajstić information content (AvgIpc) is 2.72. The summed E-state index contributed by atoms with van der Waals surface area (Å²) < 4.78 is 0. The number of carbonyl (C=O) groups excluding carboxylic acids is 1. The number of nitrogens with zero attached hydrogens (tertiary/aromatic N) is 1. The van der Waals surface area contributed by atoms with Crippen LogP contribution in [0, 0.1) is 0 Å². The first-order valence-electron chi connectivity index (χ1n) is 8.66. The minimum atomic E-state index is -0.246. The highest BCUT2D eigenvalue weighted by Crippen LogP contribution is 2.23. The molecule has 4 heteroatoms. The molecule has 0 fully saturated rings. The highest BCUT2D eigenvalue weighted by atomic mass is 32.2. The Morgan fingerprint density at radius 3 is 2.27 bits per heavy atom. The summed E-state index contributed by atoms with van der Waals surface area (Å²) >= 11 is 1.64. The fraction of sp³-hybridized carbons (Fsp3) is 0.182. The van der Waals surface area contributed by atoms with Gasteiger partial charge in [0.05, 0.1) is 17.0 Å². The number of thioether (sulfide) groups is 1. The van der Waals surface area contributed by atoms with Crippen molar-refractivity contribution in [2.75, 3.05) is 0 Å². The van der Waals surface area contributed by atoms with E-state index in [0.29, 0.717) is 0 Å². The van der Waals surface area contributed by atoms with Gasteiger partial charge in [0.1, 0.15) is 0 Å². The van der Waals surface area contributed by atoms with Crippen LogP contribution in [0.3, 0.4) is 0 Å². The molecule has 26 heavy (non-hydrogen) atoms. The fourth-order valence-corrected chi connectivity index (χ4v) is 3.51. The van der Waals surface area contributed by atoms with Gasteiger partial charge >= 0.3 is 0 Å². The predicted octanol–water partition coefficient (Wildman–Crippen LogP) is 4.61. The van der Waals surface area contributed by atoms with Gasteiger partial charge in [-0.2, -0.15) is 0 Å². The lowest BCUT2D eigenvalue weighted by Crippen LogP contribution is -2.35. The van der Waals surface area contributed by atoms with Crippen LogP contribution in [0.4, 0.5) is 0 Å². The number of carbonyl (C=O) groups is 1. The molecule has 3 nitrogen and oxygen atoms in total. The van der Waals surface area contributed by atoms with Gasteiger partial charge in [0.15, 0.2) is 0 Å². The molecule has 1 heterocycles. The van der Waals surface area contributed by atoms with Gasteiger partial charge in [-0.25, -0.2) is 0 Å². The summed E-state index contributed by atoms with van der Waals surface area (Å²) in [4.78, 5) is 17.2. The Hall–Kier alpha value is -2.59. The van der Waals surface area contributed by atoms with Crippen LogP contribution >= 0.6 is 11.8 Å². The minimum absolute atomic E-state index is 0.0189. The van der Waals surface area contributed by atoms with Crippen LogP contribution in [0.2, 0.25) is 0 Å². The first kappa shape index (κ1) is 18.2. The second-order valence-corrected chi connectivity index (χ2v) is 7.37. The number of nitrogens with one attached hydrogen (secondary N) is 1. The lowest BCUT2D eigenvalue weighted by Gasteiger charge is -2.21. The quantitative estimate of drug-likeness (QED) is 0.667. The summed E-state index contributed by atoms with van der Waals surface area (Å²) in [6, 6.07) is 25.7. The smallest absolute Gasteiger partial charge is 0.233 e. The summed E-state index contributed by atoms with van der Waals surface area (Å²) in [7, 11) is 0. The van der Waals surface area contributed by atoms with E-state index in [-0.39, 0.29) is 17.2 Å². The zero-order valence-corrected chi connectivity index (χ0v) is 15.5. The second-order valence-electron chi connectivity index (χ2n) is 6.05. The Morgan fingerprint density at radius 2 is 1.62 bits per heavy atom. The Balaban J connectivity index is 1.69. The molecule has 0 unspecified atom stereocenters. The maximum atomic E-state index is 12.8. The number of benzene rings is 2. The van der Waals surface area contributed by atoms with E-state index in [9.17, 15) is 4.79 Å². The third-order valence-electron chi connectivity index (χ3n) is 4.12. The molecule has 0 saturated heterocycles. The minimum Gasteiger partial charge on any atom is -0.343 e. The highest BCUT2D eigenvalue weighted by molar-refractivity contribution is 7.99. The van der Waals surface area contributed by atoms with Crippen molar-refractivity contribution in [2.45, 2.75) is 24.0 Å². The van der Waals surface area contributed by atoms with Crippen LogP contribution < -0.4 is 5.32 Å². The number of hydrogen-bond acceptors (Lipinski definition) is 3. The zero-order valence-electron chi connectivity index (χ0n) is 14.7. The van der Waals surface area contributed by atoms with Crippen molar-refractivity contribution in [3.05, 3.63) is 102 Å². The number of hydrogen-bond donors (Lipinski definition) is 1. The van der Waals surface area contributed by atoms with Gasteiger partial charge in [0.25, 0.3) is 0 Å². The summed E-state index contributed by atoms with van der Waals surface area (Å²) in [6.07, 6.45) is 1.75. The van der Waals surface area contributed by atoms with Crippen LogP contribution in [0.1, 0.15) is 29.8 Å². The van der Waals surface area contributed by atoms with Crippen LogP contribution in [-0.4, -0.2) is 16.1 Å². The Morgan fingerprint density at radius 1 is 0.962 bits per heavy atom. The lowest BCUT2D eigenvalue weighted by molar-refractivity contribution is -0.120. The molecule has 0 aliphatic heterocycles. The van der Waals surface area contributed by atoms with Gasteiger partial charge in [-0.05, 0) is 30.2 Å². The molecule has 1 N–H and O–H groups in total. The Kier molecular flexibility index (Phi) is 6.45. The Bertz CT molecular complexity index is 770. The Labute approximate surface area is 158 Å². The first-order valence-corrected chi connectivity index (χ1v) is 9.70. The van der Waals surface area contributed by atoms with E-state index in [4.69, 9.17) is 0 Å². The molecule has 0 radical (unpaired) electrons. The van der Waals surface area contributed by atoms with Gasteiger partial charge in [-0.3, -0.25) is 9.78 Å². The van der Waals surface area contributed by atoms with Gasteiger partial charge in [0.2, 0.25) is 5.91 Å². The average molecular weight is 362 g/mol. The molecule has 0 saturated carbocycles. The highest BCUT2D eigenvalue weighted by Gasteiger charge is 2.21. The van der Waals surface area contributed by atoms with E-state index in [1.54, 1.807) is 18.0 Å². The zero-order chi connectivity index (χ0) is 18.2. The van der Waals surface area contributed by atoms with Gasteiger partial charge < -0.3 is 5.32 Å². The maximum Gasteiger partial charge on any atom is 0.233 e. The van der Waals surface area contributed by atoms with Gasteiger partial charge in [0, 0.05) is 11.9 Å². The standard InChI is InChI=1S/C22H22N2OS/c1-17(26-16-18-10-4-2-5-11-18)22(25)24-21(19-12-6-3-7-13-19)20-14-8-9-15-23-20/h2-15,17,21H,16H2,1H3,(H,24,25)/t17-,21-/m1/s1. The number of aromatic nitrogens is 1. The van der Waals surface area contributed by atoms with Crippen molar-refractivity contribution in [1.82, 2.24) is 10.3 Å². The molecule has 1 amide bonds. The van der Waals surface area contributed by atoms with E-state index in [2.05, 4.69) is 22.4 Å². The first-order chi connectivity index (χ1) is 12.7. The molecule has 1 aromatic heterocycles. The van der Waals surface area contributed by atoms with E-state index in [0.717, 1.165) is 17.0 Å². The third-order valence-corrected chi connectivity index (χ3v) is 5.33. The van der Waals surface area contributed by atoms with Crippen LogP contribution in [0.15, 0.2) is 85.1 Å². The van der Waals surface area contributed by atoms with E-state index < -0.39 is 0 Å². The number of rotatable bonds is 7. The summed E-state index contributed by atoms with van der Waals surface area (Å²) in [6.45, 7) is 1.95. The molecular formula is C22H22N2OS.